The summed E-state index contributed by atoms with van der Waals surface area (Å²) >= 11 is 5.73. The molecule has 0 atom stereocenters. The van der Waals surface area contributed by atoms with Crippen molar-refractivity contribution in [1.29, 1.82) is 0 Å². The van der Waals surface area contributed by atoms with E-state index in [1.54, 1.807) is 24.3 Å². The highest BCUT2D eigenvalue weighted by Gasteiger charge is 2.12. The maximum absolute atomic E-state index is 13.0. The van der Waals surface area contributed by atoms with E-state index >= 15 is 0 Å². The minimum atomic E-state index is -1.11. The highest BCUT2D eigenvalue weighted by Crippen LogP contribution is 2.13. The Morgan fingerprint density at radius 2 is 1.65 bits per heavy atom. The molecule has 0 fully saturated rings. The average Bonchev–Trinajstić information content (AvgIpc) is 2.61. The molecule has 1 amide bonds. The lowest BCUT2D eigenvalue weighted by molar-refractivity contribution is -0.147. The largest absolute Gasteiger partial charge is 0.456 e. The Bertz CT molecular complexity index is 824. The van der Waals surface area contributed by atoms with Gasteiger partial charge in [-0.25, -0.2) is 8.78 Å². The van der Waals surface area contributed by atoms with Crippen molar-refractivity contribution < 1.29 is 27.9 Å². The molecule has 1 N–H and O–H groups in total. The molecule has 0 saturated heterocycles. The van der Waals surface area contributed by atoms with Crippen molar-refractivity contribution in [2.45, 2.75) is 12.8 Å². The molecule has 5 nitrogen and oxygen atoms in total. The number of rotatable bonds is 7. The van der Waals surface area contributed by atoms with E-state index in [2.05, 4.69) is 5.32 Å². The second-order valence-electron chi connectivity index (χ2n) is 5.27. The van der Waals surface area contributed by atoms with Crippen molar-refractivity contribution in [1.82, 2.24) is 0 Å². The molecule has 0 unspecified atom stereocenters. The number of carbonyl (C=O) groups excluding carboxylic acids is 3. The van der Waals surface area contributed by atoms with Crippen molar-refractivity contribution >= 4 is 34.9 Å². The standard InChI is InChI=1S/C18H14ClF2NO4/c19-12-3-1-11(2-4-12)16(23)7-8-18(25)26-10-17(24)22-13-5-6-14(20)15(21)9-13/h1-6,9H,7-8,10H2,(H,22,24). The molecule has 0 heterocycles. The fourth-order valence-corrected chi connectivity index (χ4v) is 2.11. The molecule has 26 heavy (non-hydrogen) atoms. The van der Waals surface area contributed by atoms with Gasteiger partial charge in [0.2, 0.25) is 0 Å². The number of halogens is 3. The quantitative estimate of drug-likeness (QED) is 0.585. The van der Waals surface area contributed by atoms with Gasteiger partial charge < -0.3 is 10.1 Å². The SMILES string of the molecule is O=C(COC(=O)CCC(=O)c1ccc(Cl)cc1)Nc1ccc(F)c(F)c1. The molecule has 2 aromatic rings. The molecule has 0 aliphatic heterocycles. The normalized spacial score (nSPS) is 10.3. The number of benzene rings is 2. The number of hydrogen-bond donors (Lipinski definition) is 1. The number of esters is 1. The fraction of sp³-hybridized carbons (Fsp3) is 0.167. The molecule has 0 spiro atoms. The van der Waals surface area contributed by atoms with Gasteiger partial charge in [0.25, 0.3) is 5.91 Å². The third kappa shape index (κ3) is 5.93. The van der Waals surface area contributed by atoms with Gasteiger partial charge in [-0.2, -0.15) is 0 Å². The van der Waals surface area contributed by atoms with Gasteiger partial charge in [0.1, 0.15) is 0 Å². The molecular weight excluding hydrogens is 368 g/mol. The number of anilines is 1. The van der Waals surface area contributed by atoms with Crippen molar-refractivity contribution in [2.24, 2.45) is 0 Å². The predicted molar refractivity (Wildman–Crippen MR) is 91.0 cm³/mol. The lowest BCUT2D eigenvalue weighted by atomic mass is 10.1. The molecule has 0 aliphatic rings. The summed E-state index contributed by atoms with van der Waals surface area (Å²) in [6.45, 7) is -0.604. The van der Waals surface area contributed by atoms with Crippen LogP contribution < -0.4 is 5.32 Å². The smallest absolute Gasteiger partial charge is 0.306 e. The van der Waals surface area contributed by atoms with Gasteiger partial charge in [-0.1, -0.05) is 11.6 Å². The predicted octanol–water partition coefficient (Wildman–Crippen LogP) is 3.76. The van der Waals surface area contributed by atoms with E-state index < -0.39 is 30.1 Å². The molecule has 136 valence electrons. The van der Waals surface area contributed by atoms with E-state index in [1.165, 1.54) is 6.07 Å². The molecule has 0 saturated carbocycles. The van der Waals surface area contributed by atoms with Gasteiger partial charge in [-0.05, 0) is 36.4 Å². The van der Waals surface area contributed by atoms with Crippen LogP contribution in [0.2, 0.25) is 5.02 Å². The highest BCUT2D eigenvalue weighted by molar-refractivity contribution is 6.30. The lowest BCUT2D eigenvalue weighted by Gasteiger charge is -2.07. The summed E-state index contributed by atoms with van der Waals surface area (Å²) in [5, 5.41) is 2.75. The number of amides is 1. The van der Waals surface area contributed by atoms with Gasteiger partial charge in [-0.15, -0.1) is 0 Å². The van der Waals surface area contributed by atoms with Gasteiger partial charge in [0.15, 0.2) is 24.0 Å². The summed E-state index contributed by atoms with van der Waals surface area (Å²) in [6, 6.07) is 9.06. The zero-order valence-electron chi connectivity index (χ0n) is 13.4. The number of ketones is 1. The maximum atomic E-state index is 13.0. The van der Waals surface area contributed by atoms with Crippen LogP contribution in [0.5, 0.6) is 0 Å². The zero-order valence-corrected chi connectivity index (χ0v) is 14.2. The minimum Gasteiger partial charge on any atom is -0.456 e. The van der Waals surface area contributed by atoms with Crippen LogP contribution in [0.25, 0.3) is 0 Å². The fourth-order valence-electron chi connectivity index (χ4n) is 1.98. The summed E-state index contributed by atoms with van der Waals surface area (Å²) in [7, 11) is 0. The summed E-state index contributed by atoms with van der Waals surface area (Å²) in [5.41, 5.74) is 0.446. The number of ether oxygens (including phenoxy) is 1. The molecule has 0 aliphatic carbocycles. The Morgan fingerprint density at radius 1 is 0.962 bits per heavy atom. The minimum absolute atomic E-state index is 0.0304. The molecule has 0 radical (unpaired) electrons. The van der Waals surface area contributed by atoms with Crippen LogP contribution in [0, 0.1) is 11.6 Å². The maximum Gasteiger partial charge on any atom is 0.306 e. The molecule has 0 aromatic heterocycles. The number of nitrogens with one attached hydrogen (secondary N) is 1. The van der Waals surface area contributed by atoms with Crippen LogP contribution in [0.15, 0.2) is 42.5 Å². The van der Waals surface area contributed by atoms with E-state index in [4.69, 9.17) is 16.3 Å². The summed E-state index contributed by atoms with van der Waals surface area (Å²) in [6.07, 6.45) is -0.273. The summed E-state index contributed by atoms with van der Waals surface area (Å²) in [4.78, 5) is 35.1. The second kappa shape index (κ2) is 9.05. The average molecular weight is 382 g/mol. The van der Waals surface area contributed by atoms with E-state index in [1.807, 2.05) is 0 Å². The van der Waals surface area contributed by atoms with E-state index in [9.17, 15) is 23.2 Å². The zero-order chi connectivity index (χ0) is 19.1. The van der Waals surface area contributed by atoms with Crippen LogP contribution in [-0.4, -0.2) is 24.3 Å². The van der Waals surface area contributed by atoms with Crippen molar-refractivity contribution in [3.8, 4) is 0 Å². The topological polar surface area (TPSA) is 72.5 Å². The first-order chi connectivity index (χ1) is 12.3. The molecule has 0 bridgehead atoms. The van der Waals surface area contributed by atoms with Crippen LogP contribution in [-0.2, 0) is 14.3 Å². The summed E-state index contributed by atoms with van der Waals surface area (Å²) < 4.78 is 30.6. The number of Topliss-reactive ketones (excluding diaryl/α,β-unsaturated/α-hetero) is 1. The Kier molecular flexibility index (Phi) is 6.80. The van der Waals surface area contributed by atoms with Gasteiger partial charge >= 0.3 is 5.97 Å². The van der Waals surface area contributed by atoms with Crippen molar-refractivity contribution in [3.63, 3.8) is 0 Å². The summed E-state index contributed by atoms with van der Waals surface area (Å²) in [5.74, 6) is -3.86. The highest BCUT2D eigenvalue weighted by atomic mass is 35.5. The van der Waals surface area contributed by atoms with Crippen molar-refractivity contribution in [3.05, 3.63) is 64.7 Å². The Hall–Kier alpha value is -2.80. The Morgan fingerprint density at radius 3 is 2.31 bits per heavy atom. The number of hydrogen-bond acceptors (Lipinski definition) is 4. The van der Waals surface area contributed by atoms with E-state index in [-0.39, 0.29) is 24.3 Å². The van der Waals surface area contributed by atoms with Gasteiger partial charge in [0, 0.05) is 28.8 Å². The molecular formula is C18H14ClF2NO4. The van der Waals surface area contributed by atoms with Crippen molar-refractivity contribution in [2.75, 3.05) is 11.9 Å². The van der Waals surface area contributed by atoms with Gasteiger partial charge in [-0.3, -0.25) is 14.4 Å². The van der Waals surface area contributed by atoms with Gasteiger partial charge in [0.05, 0.1) is 6.42 Å². The second-order valence-corrected chi connectivity index (χ2v) is 5.70. The Labute approximate surface area is 152 Å². The third-order valence-electron chi connectivity index (χ3n) is 3.29. The van der Waals surface area contributed by atoms with E-state index in [0.717, 1.165) is 12.1 Å². The van der Waals surface area contributed by atoms with Crippen LogP contribution in [0.4, 0.5) is 14.5 Å². The molecule has 8 heteroatoms. The van der Waals surface area contributed by atoms with Crippen LogP contribution in [0.3, 0.4) is 0 Å². The van der Waals surface area contributed by atoms with E-state index in [0.29, 0.717) is 10.6 Å². The first-order valence-corrected chi connectivity index (χ1v) is 7.92. The molecule has 2 rings (SSSR count). The van der Waals surface area contributed by atoms with Crippen LogP contribution in [0.1, 0.15) is 23.2 Å². The first-order valence-electron chi connectivity index (χ1n) is 7.54. The van der Waals surface area contributed by atoms with Crippen LogP contribution >= 0.6 is 11.6 Å². The Balaban J connectivity index is 1.73. The first kappa shape index (κ1) is 19.5. The number of carbonyl (C=O) groups is 3. The monoisotopic (exact) mass is 381 g/mol. The lowest BCUT2D eigenvalue weighted by Crippen LogP contribution is -2.21. The third-order valence-corrected chi connectivity index (χ3v) is 3.54. The molecule has 2 aromatic carbocycles.